The van der Waals surface area contributed by atoms with E-state index in [4.69, 9.17) is 4.74 Å². The fraction of sp³-hybridized carbons (Fsp3) is 0.480. The molecular formula is C25H34O3. The minimum absolute atomic E-state index is 0.136. The topological polar surface area (TPSA) is 46.5 Å². The molecule has 152 valence electrons. The number of hydrogen-bond donors (Lipinski definition) is 1. The lowest BCUT2D eigenvalue weighted by atomic mass is 9.89. The third kappa shape index (κ3) is 5.60. The molecule has 28 heavy (non-hydrogen) atoms. The van der Waals surface area contributed by atoms with E-state index in [0.29, 0.717) is 18.3 Å². The Hall–Kier alpha value is -2.29. The second-order valence-corrected chi connectivity index (χ2v) is 8.52. The van der Waals surface area contributed by atoms with Gasteiger partial charge in [0.15, 0.2) is 0 Å². The number of carbonyl (C=O) groups is 1. The Morgan fingerprint density at radius 2 is 1.82 bits per heavy atom. The number of hydrogen-bond acceptors (Lipinski definition) is 3. The van der Waals surface area contributed by atoms with Crippen LogP contribution in [0.5, 0.6) is 11.5 Å². The van der Waals surface area contributed by atoms with Crippen LogP contribution in [-0.2, 0) is 11.2 Å². The van der Waals surface area contributed by atoms with Crippen LogP contribution in [0.2, 0.25) is 0 Å². The van der Waals surface area contributed by atoms with Crippen LogP contribution in [0.1, 0.15) is 68.7 Å². The van der Waals surface area contributed by atoms with Crippen LogP contribution < -0.4 is 4.74 Å². The maximum Gasteiger partial charge on any atom is 0.138 e. The number of phenolic OH excluding ortho intramolecular Hbond substituents is 1. The van der Waals surface area contributed by atoms with E-state index in [1.54, 1.807) is 13.0 Å². The summed E-state index contributed by atoms with van der Waals surface area (Å²) in [6.45, 7) is 12.0. The van der Waals surface area contributed by atoms with Crippen molar-refractivity contribution in [2.45, 2.75) is 66.7 Å². The number of ketones is 1. The molecule has 2 rings (SSSR count). The monoisotopic (exact) mass is 382 g/mol. The van der Waals surface area contributed by atoms with Gasteiger partial charge in [-0.1, -0.05) is 31.2 Å². The lowest BCUT2D eigenvalue weighted by Gasteiger charge is -2.22. The first-order valence-corrected chi connectivity index (χ1v) is 10.2. The Balaban J connectivity index is 2.01. The van der Waals surface area contributed by atoms with E-state index in [-0.39, 0.29) is 5.78 Å². The summed E-state index contributed by atoms with van der Waals surface area (Å²) in [6.07, 6.45) is 3.14. The molecule has 0 saturated heterocycles. The van der Waals surface area contributed by atoms with Gasteiger partial charge in [0.05, 0.1) is 5.41 Å². The molecule has 3 nitrogen and oxygen atoms in total. The van der Waals surface area contributed by atoms with Crippen molar-refractivity contribution in [3.8, 4) is 11.5 Å². The number of ether oxygens (including phenoxy) is 1. The van der Waals surface area contributed by atoms with E-state index in [9.17, 15) is 9.90 Å². The summed E-state index contributed by atoms with van der Waals surface area (Å²) in [5, 5.41) is 9.76. The van der Waals surface area contributed by atoms with Gasteiger partial charge < -0.3 is 9.84 Å². The van der Waals surface area contributed by atoms with Gasteiger partial charge >= 0.3 is 0 Å². The lowest BCUT2D eigenvalue weighted by molar-refractivity contribution is -0.126. The molecule has 0 spiro atoms. The van der Waals surface area contributed by atoms with Crippen molar-refractivity contribution >= 4 is 5.78 Å². The van der Waals surface area contributed by atoms with Crippen LogP contribution >= 0.6 is 0 Å². The number of aryl methyl sites for hydroxylation is 3. The highest BCUT2D eigenvalue weighted by Gasteiger charge is 2.24. The molecule has 0 aromatic heterocycles. The molecule has 0 heterocycles. The fourth-order valence-electron chi connectivity index (χ4n) is 3.27. The van der Waals surface area contributed by atoms with Crippen molar-refractivity contribution in [3.05, 3.63) is 58.7 Å². The summed E-state index contributed by atoms with van der Waals surface area (Å²) in [5.41, 5.74) is 4.15. The first-order valence-electron chi connectivity index (χ1n) is 10.2. The van der Waals surface area contributed by atoms with E-state index >= 15 is 0 Å². The zero-order valence-corrected chi connectivity index (χ0v) is 18.1. The minimum atomic E-state index is -0.471. The van der Waals surface area contributed by atoms with Crippen molar-refractivity contribution < 1.29 is 14.6 Å². The summed E-state index contributed by atoms with van der Waals surface area (Å²) in [6, 6.07) is 12.3. The summed E-state index contributed by atoms with van der Waals surface area (Å²) < 4.78 is 5.91. The third-order valence-electron chi connectivity index (χ3n) is 5.75. The SMILES string of the molecule is CCC(CCc1ccc(OCC(C)(C)C(C)=O)c(C)c1)c1ccc(O)c(C)c1. The first-order chi connectivity index (χ1) is 13.1. The van der Waals surface area contributed by atoms with Crippen molar-refractivity contribution in [1.29, 1.82) is 0 Å². The van der Waals surface area contributed by atoms with E-state index in [0.717, 1.165) is 36.1 Å². The van der Waals surface area contributed by atoms with Crippen LogP contribution in [0, 0.1) is 19.3 Å². The number of phenols is 1. The van der Waals surface area contributed by atoms with Crippen LogP contribution in [0.25, 0.3) is 0 Å². The number of aromatic hydroxyl groups is 1. The molecule has 0 fully saturated rings. The molecule has 0 radical (unpaired) electrons. The average Bonchev–Trinajstić information content (AvgIpc) is 2.64. The van der Waals surface area contributed by atoms with Crippen LogP contribution in [0.3, 0.4) is 0 Å². The molecule has 0 saturated carbocycles. The van der Waals surface area contributed by atoms with Gasteiger partial charge in [0.2, 0.25) is 0 Å². The maximum atomic E-state index is 11.7. The normalized spacial score (nSPS) is 12.6. The minimum Gasteiger partial charge on any atom is -0.508 e. The Kier molecular flexibility index (Phi) is 7.29. The second kappa shape index (κ2) is 9.27. The molecule has 1 unspecified atom stereocenters. The van der Waals surface area contributed by atoms with Gasteiger partial charge in [-0.2, -0.15) is 0 Å². The van der Waals surface area contributed by atoms with Gasteiger partial charge in [-0.3, -0.25) is 4.79 Å². The number of carbonyl (C=O) groups excluding carboxylic acids is 1. The molecule has 0 aliphatic heterocycles. The van der Waals surface area contributed by atoms with Gasteiger partial charge in [0.25, 0.3) is 0 Å². The largest absolute Gasteiger partial charge is 0.508 e. The second-order valence-electron chi connectivity index (χ2n) is 8.52. The molecule has 0 aliphatic carbocycles. The Morgan fingerprint density at radius 3 is 2.39 bits per heavy atom. The first kappa shape index (κ1) is 22.0. The van der Waals surface area contributed by atoms with Crippen molar-refractivity contribution in [1.82, 2.24) is 0 Å². The molecule has 3 heteroatoms. The van der Waals surface area contributed by atoms with Crippen molar-refractivity contribution in [3.63, 3.8) is 0 Å². The molecular weight excluding hydrogens is 348 g/mol. The molecule has 0 amide bonds. The Labute approximate surface area is 169 Å². The predicted octanol–water partition coefficient (Wildman–Crippen LogP) is 6.13. The highest BCUT2D eigenvalue weighted by atomic mass is 16.5. The molecule has 0 aliphatic rings. The molecule has 1 N–H and O–H groups in total. The maximum absolute atomic E-state index is 11.7. The van der Waals surface area contributed by atoms with E-state index in [1.165, 1.54) is 11.1 Å². The van der Waals surface area contributed by atoms with Gasteiger partial charge in [-0.15, -0.1) is 0 Å². The molecule has 1 atom stereocenters. The fourth-order valence-corrected chi connectivity index (χ4v) is 3.27. The van der Waals surface area contributed by atoms with E-state index in [1.807, 2.05) is 32.9 Å². The quantitative estimate of drug-likeness (QED) is 0.567. The zero-order valence-electron chi connectivity index (χ0n) is 18.1. The third-order valence-corrected chi connectivity index (χ3v) is 5.75. The van der Waals surface area contributed by atoms with Gasteiger partial charge in [0, 0.05) is 0 Å². The summed E-state index contributed by atoms with van der Waals surface area (Å²) >= 11 is 0. The highest BCUT2D eigenvalue weighted by molar-refractivity contribution is 5.81. The van der Waals surface area contributed by atoms with Crippen LogP contribution in [-0.4, -0.2) is 17.5 Å². The highest BCUT2D eigenvalue weighted by Crippen LogP contribution is 2.30. The van der Waals surface area contributed by atoms with E-state index in [2.05, 4.69) is 32.0 Å². The van der Waals surface area contributed by atoms with Gasteiger partial charge in [-0.25, -0.2) is 0 Å². The smallest absolute Gasteiger partial charge is 0.138 e. The number of rotatable bonds is 9. The van der Waals surface area contributed by atoms with E-state index < -0.39 is 5.41 Å². The van der Waals surface area contributed by atoms with Gasteiger partial charge in [-0.05, 0) is 94.2 Å². The predicted molar refractivity (Wildman–Crippen MR) is 115 cm³/mol. The molecule has 2 aromatic rings. The summed E-state index contributed by atoms with van der Waals surface area (Å²) in [5.74, 6) is 1.82. The molecule has 2 aromatic carbocycles. The Bertz CT molecular complexity index is 821. The standard InChI is InChI=1S/C25H34O3/c1-7-21(22-11-12-23(27)17(2)15-22)10-8-20-9-13-24(18(3)14-20)28-16-25(5,6)19(4)26/h9,11-15,21,27H,7-8,10,16H2,1-6H3. The average molecular weight is 383 g/mol. The number of benzene rings is 2. The zero-order chi connectivity index (χ0) is 20.9. The summed E-state index contributed by atoms with van der Waals surface area (Å²) in [7, 11) is 0. The molecule has 0 bridgehead atoms. The van der Waals surface area contributed by atoms with Crippen molar-refractivity contribution in [2.75, 3.05) is 6.61 Å². The summed E-state index contributed by atoms with van der Waals surface area (Å²) in [4.78, 5) is 11.7. The number of Topliss-reactive ketones (excluding diaryl/α,β-unsaturated/α-hetero) is 1. The van der Waals surface area contributed by atoms with Gasteiger partial charge in [0.1, 0.15) is 23.9 Å². The Morgan fingerprint density at radius 1 is 1.11 bits per heavy atom. The van der Waals surface area contributed by atoms with Crippen molar-refractivity contribution in [2.24, 2.45) is 5.41 Å². The lowest BCUT2D eigenvalue weighted by Crippen LogP contribution is -2.29. The van der Waals surface area contributed by atoms with Crippen LogP contribution in [0.4, 0.5) is 0 Å². The van der Waals surface area contributed by atoms with Crippen LogP contribution in [0.15, 0.2) is 36.4 Å².